The largest absolute Gasteiger partial charge is 0.508 e. The molecule has 0 aliphatic heterocycles. The lowest BCUT2D eigenvalue weighted by Gasteiger charge is -1.98. The number of halogens is 1. The van der Waals surface area contributed by atoms with E-state index in [-0.39, 0.29) is 5.75 Å². The first-order valence-corrected chi connectivity index (χ1v) is 3.75. The SMILES string of the molecule is Oc1cc(F)cc(-c2ncc[nH]2)c1. The standard InChI is InChI=1S/C9H7FN2O/c10-7-3-6(4-8(13)5-7)9-11-1-2-12-9/h1-5,13H,(H,11,12). The average molecular weight is 178 g/mol. The van der Waals surface area contributed by atoms with Gasteiger partial charge in [-0.1, -0.05) is 0 Å². The van der Waals surface area contributed by atoms with E-state index >= 15 is 0 Å². The first-order valence-electron chi connectivity index (χ1n) is 3.75. The summed E-state index contributed by atoms with van der Waals surface area (Å²) < 4.78 is 12.8. The Labute approximate surface area is 73.9 Å². The number of benzene rings is 1. The molecular weight excluding hydrogens is 171 g/mol. The van der Waals surface area contributed by atoms with Crippen LogP contribution in [0.15, 0.2) is 30.6 Å². The Hall–Kier alpha value is -1.84. The Morgan fingerprint density at radius 2 is 2.15 bits per heavy atom. The summed E-state index contributed by atoms with van der Waals surface area (Å²) >= 11 is 0. The fourth-order valence-electron chi connectivity index (χ4n) is 1.13. The van der Waals surface area contributed by atoms with E-state index in [1.807, 2.05) is 0 Å². The Morgan fingerprint density at radius 3 is 2.77 bits per heavy atom. The van der Waals surface area contributed by atoms with Crippen LogP contribution in [0.4, 0.5) is 4.39 Å². The number of nitrogens with zero attached hydrogens (tertiary/aromatic N) is 1. The summed E-state index contributed by atoms with van der Waals surface area (Å²) in [6.07, 6.45) is 3.20. The summed E-state index contributed by atoms with van der Waals surface area (Å²) in [5.74, 6) is -0.0485. The smallest absolute Gasteiger partial charge is 0.137 e. The molecule has 66 valence electrons. The third-order valence-corrected chi connectivity index (χ3v) is 1.65. The Kier molecular flexibility index (Phi) is 1.73. The number of hydrogen-bond acceptors (Lipinski definition) is 2. The van der Waals surface area contributed by atoms with Gasteiger partial charge in [-0.3, -0.25) is 0 Å². The lowest BCUT2D eigenvalue weighted by molar-refractivity contribution is 0.469. The third-order valence-electron chi connectivity index (χ3n) is 1.65. The first-order chi connectivity index (χ1) is 6.25. The van der Waals surface area contributed by atoms with Crippen molar-refractivity contribution in [2.75, 3.05) is 0 Å². The number of aromatic hydroxyl groups is 1. The zero-order chi connectivity index (χ0) is 9.26. The molecule has 0 amide bonds. The predicted molar refractivity (Wildman–Crippen MR) is 45.6 cm³/mol. The summed E-state index contributed by atoms with van der Waals surface area (Å²) in [5, 5.41) is 9.11. The highest BCUT2D eigenvalue weighted by molar-refractivity contribution is 5.57. The van der Waals surface area contributed by atoms with Crippen LogP contribution in [0.25, 0.3) is 11.4 Å². The van der Waals surface area contributed by atoms with Gasteiger partial charge >= 0.3 is 0 Å². The van der Waals surface area contributed by atoms with Crippen molar-refractivity contribution in [3.8, 4) is 17.1 Å². The summed E-state index contributed by atoms with van der Waals surface area (Å²) in [5.41, 5.74) is 0.530. The monoisotopic (exact) mass is 178 g/mol. The van der Waals surface area contributed by atoms with Crippen LogP contribution in [0.3, 0.4) is 0 Å². The van der Waals surface area contributed by atoms with Crippen molar-refractivity contribution in [2.45, 2.75) is 0 Å². The molecule has 1 heterocycles. The number of phenolic OH excluding ortho intramolecular Hbond substituents is 1. The maximum atomic E-state index is 12.8. The van der Waals surface area contributed by atoms with Crippen molar-refractivity contribution < 1.29 is 9.50 Å². The van der Waals surface area contributed by atoms with Gasteiger partial charge in [-0.25, -0.2) is 9.37 Å². The average Bonchev–Trinajstić information content (AvgIpc) is 2.53. The second-order valence-electron chi connectivity index (χ2n) is 2.64. The van der Waals surface area contributed by atoms with Crippen molar-refractivity contribution in [1.82, 2.24) is 9.97 Å². The molecule has 3 nitrogen and oxygen atoms in total. The molecule has 0 saturated heterocycles. The van der Waals surface area contributed by atoms with Crippen molar-refractivity contribution in [3.63, 3.8) is 0 Å². The van der Waals surface area contributed by atoms with Gasteiger partial charge in [-0.2, -0.15) is 0 Å². The number of nitrogens with one attached hydrogen (secondary N) is 1. The molecule has 0 atom stereocenters. The van der Waals surface area contributed by atoms with Crippen LogP contribution in [0.1, 0.15) is 0 Å². The fraction of sp³-hybridized carbons (Fsp3) is 0. The van der Waals surface area contributed by atoms with Gasteiger partial charge in [-0.15, -0.1) is 0 Å². The molecule has 2 aromatic rings. The van der Waals surface area contributed by atoms with Crippen LogP contribution in [0.2, 0.25) is 0 Å². The number of aromatic amines is 1. The molecule has 0 spiro atoms. The molecule has 0 unspecified atom stereocenters. The Bertz CT molecular complexity index is 391. The summed E-state index contributed by atoms with van der Waals surface area (Å²) in [6, 6.07) is 3.80. The molecular formula is C9H7FN2O. The molecule has 1 aromatic carbocycles. The normalized spacial score (nSPS) is 10.2. The van der Waals surface area contributed by atoms with Crippen LogP contribution in [0.5, 0.6) is 5.75 Å². The van der Waals surface area contributed by atoms with Crippen LogP contribution < -0.4 is 0 Å². The topological polar surface area (TPSA) is 48.9 Å². The zero-order valence-electron chi connectivity index (χ0n) is 6.66. The number of hydrogen-bond donors (Lipinski definition) is 2. The van der Waals surface area contributed by atoms with E-state index in [9.17, 15) is 4.39 Å². The second kappa shape index (κ2) is 2.90. The van der Waals surface area contributed by atoms with E-state index < -0.39 is 5.82 Å². The molecule has 0 radical (unpaired) electrons. The van der Waals surface area contributed by atoms with Gasteiger partial charge in [0.15, 0.2) is 0 Å². The molecule has 0 bridgehead atoms. The van der Waals surface area contributed by atoms with Crippen LogP contribution in [-0.4, -0.2) is 15.1 Å². The quantitative estimate of drug-likeness (QED) is 0.700. The first kappa shape index (κ1) is 7.79. The predicted octanol–water partition coefficient (Wildman–Crippen LogP) is 1.92. The molecule has 13 heavy (non-hydrogen) atoms. The minimum atomic E-state index is -0.480. The number of aromatic nitrogens is 2. The molecule has 0 fully saturated rings. The van der Waals surface area contributed by atoms with E-state index in [1.54, 1.807) is 12.4 Å². The number of imidazole rings is 1. The number of H-pyrrole nitrogens is 1. The summed E-state index contributed by atoms with van der Waals surface area (Å²) in [4.78, 5) is 6.75. The van der Waals surface area contributed by atoms with E-state index in [2.05, 4.69) is 9.97 Å². The summed E-state index contributed by atoms with van der Waals surface area (Å²) in [6.45, 7) is 0. The van der Waals surface area contributed by atoms with Gasteiger partial charge in [0.05, 0.1) is 0 Å². The van der Waals surface area contributed by atoms with E-state index in [0.29, 0.717) is 11.4 Å². The third kappa shape index (κ3) is 1.51. The Morgan fingerprint density at radius 1 is 1.31 bits per heavy atom. The highest BCUT2D eigenvalue weighted by atomic mass is 19.1. The highest BCUT2D eigenvalue weighted by Gasteiger charge is 2.03. The zero-order valence-corrected chi connectivity index (χ0v) is 6.66. The van der Waals surface area contributed by atoms with Crippen molar-refractivity contribution >= 4 is 0 Å². The molecule has 0 aliphatic carbocycles. The van der Waals surface area contributed by atoms with Gasteiger partial charge in [0.2, 0.25) is 0 Å². The van der Waals surface area contributed by atoms with Crippen molar-refractivity contribution in [3.05, 3.63) is 36.4 Å². The van der Waals surface area contributed by atoms with Crippen molar-refractivity contribution in [2.24, 2.45) is 0 Å². The van der Waals surface area contributed by atoms with Crippen LogP contribution in [0, 0.1) is 5.82 Å². The van der Waals surface area contributed by atoms with Crippen molar-refractivity contribution in [1.29, 1.82) is 0 Å². The highest BCUT2D eigenvalue weighted by Crippen LogP contribution is 2.21. The number of phenols is 1. The summed E-state index contributed by atoms with van der Waals surface area (Å²) in [7, 11) is 0. The lowest BCUT2D eigenvalue weighted by Crippen LogP contribution is -1.82. The molecule has 0 aliphatic rings. The molecule has 0 saturated carbocycles. The Balaban J connectivity index is 2.53. The minimum Gasteiger partial charge on any atom is -0.508 e. The van der Waals surface area contributed by atoms with Gasteiger partial charge in [0.1, 0.15) is 17.4 Å². The minimum absolute atomic E-state index is 0.105. The van der Waals surface area contributed by atoms with E-state index in [1.165, 1.54) is 12.1 Å². The van der Waals surface area contributed by atoms with Crippen LogP contribution in [-0.2, 0) is 0 Å². The van der Waals surface area contributed by atoms with Gasteiger partial charge < -0.3 is 10.1 Å². The van der Waals surface area contributed by atoms with Gasteiger partial charge in [0.25, 0.3) is 0 Å². The maximum Gasteiger partial charge on any atom is 0.137 e. The lowest BCUT2D eigenvalue weighted by atomic mass is 10.2. The van der Waals surface area contributed by atoms with Gasteiger partial charge in [0, 0.05) is 24.0 Å². The molecule has 4 heteroatoms. The van der Waals surface area contributed by atoms with E-state index in [0.717, 1.165) is 6.07 Å². The second-order valence-corrected chi connectivity index (χ2v) is 2.64. The van der Waals surface area contributed by atoms with E-state index in [4.69, 9.17) is 5.11 Å². The molecule has 2 rings (SSSR count). The maximum absolute atomic E-state index is 12.8. The fourth-order valence-corrected chi connectivity index (χ4v) is 1.13. The molecule has 1 aromatic heterocycles. The molecule has 2 N–H and O–H groups in total. The van der Waals surface area contributed by atoms with Gasteiger partial charge in [-0.05, 0) is 12.1 Å². The van der Waals surface area contributed by atoms with Crippen LogP contribution >= 0.6 is 0 Å². The number of rotatable bonds is 1.